The van der Waals surface area contributed by atoms with Crippen LogP contribution in [0.5, 0.6) is 0 Å². The molecule has 96 valence electrons. The molecule has 0 aromatic carbocycles. The van der Waals surface area contributed by atoms with E-state index in [4.69, 9.17) is 16.3 Å². The van der Waals surface area contributed by atoms with Crippen molar-refractivity contribution in [1.29, 1.82) is 0 Å². The van der Waals surface area contributed by atoms with Crippen LogP contribution in [0.1, 0.15) is 20.4 Å². The molecular weight excluding hydrogens is 260 g/mol. The predicted octanol–water partition coefficient (Wildman–Crippen LogP) is 2.09. The van der Waals surface area contributed by atoms with Gasteiger partial charge in [-0.3, -0.25) is 4.79 Å². The number of halogens is 1. The molecule has 0 saturated carbocycles. The van der Waals surface area contributed by atoms with Crippen LogP contribution in [0.2, 0.25) is 0 Å². The van der Waals surface area contributed by atoms with Gasteiger partial charge in [-0.1, -0.05) is 0 Å². The van der Waals surface area contributed by atoms with Crippen molar-refractivity contribution in [1.82, 2.24) is 9.88 Å². The number of methoxy groups -OCH3 is 1. The van der Waals surface area contributed by atoms with Gasteiger partial charge in [-0.05, 0) is 13.8 Å². The summed E-state index contributed by atoms with van der Waals surface area (Å²) in [5, 5.41) is 0.710. The molecule has 0 radical (unpaired) electrons. The lowest BCUT2D eigenvalue weighted by molar-refractivity contribution is 0.0785. The highest BCUT2D eigenvalue weighted by atomic mass is 35.5. The van der Waals surface area contributed by atoms with Crippen LogP contribution in [0.4, 0.5) is 0 Å². The smallest absolute Gasteiger partial charge is 0.265 e. The summed E-state index contributed by atoms with van der Waals surface area (Å²) < 4.78 is 4.94. The van der Waals surface area contributed by atoms with Gasteiger partial charge >= 0.3 is 0 Å². The highest BCUT2D eigenvalue weighted by Gasteiger charge is 2.19. The van der Waals surface area contributed by atoms with E-state index in [-0.39, 0.29) is 11.3 Å². The summed E-state index contributed by atoms with van der Waals surface area (Å²) in [6, 6.07) is 0. The second-order valence-electron chi connectivity index (χ2n) is 3.89. The first kappa shape index (κ1) is 14.4. The van der Waals surface area contributed by atoms with Crippen LogP contribution in [0.15, 0.2) is 0 Å². The van der Waals surface area contributed by atoms with Gasteiger partial charge in [0.2, 0.25) is 0 Å². The Kier molecular flexibility index (Phi) is 5.36. The summed E-state index contributed by atoms with van der Waals surface area (Å²) in [7, 11) is 3.33. The molecule has 1 aromatic rings. The average molecular weight is 277 g/mol. The third kappa shape index (κ3) is 3.94. The Morgan fingerprint density at radius 2 is 2.24 bits per heavy atom. The van der Waals surface area contributed by atoms with Crippen molar-refractivity contribution in [2.45, 2.75) is 19.2 Å². The Morgan fingerprint density at radius 1 is 1.59 bits per heavy atom. The Balaban J connectivity index is 2.66. The molecule has 0 spiro atoms. The maximum atomic E-state index is 12.1. The van der Waals surface area contributed by atoms with Gasteiger partial charge in [0.15, 0.2) is 0 Å². The lowest BCUT2D eigenvalue weighted by Crippen LogP contribution is -2.33. The molecule has 0 aliphatic carbocycles. The van der Waals surface area contributed by atoms with Crippen molar-refractivity contribution in [3.05, 3.63) is 15.6 Å². The first-order valence-corrected chi connectivity index (χ1v) is 6.53. The molecule has 1 unspecified atom stereocenters. The van der Waals surface area contributed by atoms with Crippen molar-refractivity contribution in [2.75, 3.05) is 27.3 Å². The van der Waals surface area contributed by atoms with Gasteiger partial charge in [0.25, 0.3) is 5.91 Å². The van der Waals surface area contributed by atoms with Crippen LogP contribution in [0, 0.1) is 13.8 Å². The number of amides is 1. The van der Waals surface area contributed by atoms with E-state index < -0.39 is 0 Å². The van der Waals surface area contributed by atoms with Crippen molar-refractivity contribution in [2.24, 2.45) is 0 Å². The van der Waals surface area contributed by atoms with E-state index in [9.17, 15) is 4.79 Å². The fraction of sp³-hybridized carbons (Fsp3) is 0.636. The number of rotatable bonds is 5. The fourth-order valence-electron chi connectivity index (χ4n) is 1.52. The van der Waals surface area contributed by atoms with Crippen molar-refractivity contribution in [3.63, 3.8) is 0 Å². The Morgan fingerprint density at radius 3 is 2.71 bits per heavy atom. The fourth-order valence-corrected chi connectivity index (χ4v) is 2.76. The highest BCUT2D eigenvalue weighted by Crippen LogP contribution is 2.19. The SMILES string of the molecule is COCC(Cl)CN(C)C(=O)c1sc(C)nc1C. The third-order valence-corrected chi connectivity index (χ3v) is 3.59. The number of nitrogens with zero attached hydrogens (tertiary/aromatic N) is 2. The minimum Gasteiger partial charge on any atom is -0.383 e. The predicted molar refractivity (Wildman–Crippen MR) is 70.1 cm³/mol. The molecule has 6 heteroatoms. The first-order valence-electron chi connectivity index (χ1n) is 5.28. The number of aryl methyl sites for hydroxylation is 2. The molecule has 0 bridgehead atoms. The monoisotopic (exact) mass is 276 g/mol. The van der Waals surface area contributed by atoms with Gasteiger partial charge < -0.3 is 9.64 Å². The zero-order valence-electron chi connectivity index (χ0n) is 10.5. The lowest BCUT2D eigenvalue weighted by Gasteiger charge is -2.19. The minimum absolute atomic E-state index is 0.0325. The van der Waals surface area contributed by atoms with E-state index >= 15 is 0 Å². The van der Waals surface area contributed by atoms with Gasteiger partial charge in [0.05, 0.1) is 22.7 Å². The number of thiazole rings is 1. The summed E-state index contributed by atoms with van der Waals surface area (Å²) in [5.74, 6) is -0.0325. The summed E-state index contributed by atoms with van der Waals surface area (Å²) in [5.41, 5.74) is 0.780. The molecule has 1 atom stereocenters. The van der Waals surface area contributed by atoms with Crippen molar-refractivity contribution >= 4 is 28.8 Å². The Labute approximate surface area is 111 Å². The highest BCUT2D eigenvalue weighted by molar-refractivity contribution is 7.13. The quantitative estimate of drug-likeness (QED) is 0.774. The van der Waals surface area contributed by atoms with E-state index in [0.29, 0.717) is 18.0 Å². The van der Waals surface area contributed by atoms with Gasteiger partial charge in [-0.2, -0.15) is 0 Å². The molecular formula is C11H17ClN2O2S. The number of hydrogen-bond donors (Lipinski definition) is 0. The lowest BCUT2D eigenvalue weighted by atomic mass is 10.3. The Hall–Kier alpha value is -0.650. The van der Waals surface area contributed by atoms with Crippen molar-refractivity contribution < 1.29 is 9.53 Å². The van der Waals surface area contributed by atoms with E-state index in [1.165, 1.54) is 11.3 Å². The molecule has 0 aliphatic heterocycles. The molecule has 1 aromatic heterocycles. The van der Waals surface area contributed by atoms with Crippen molar-refractivity contribution in [3.8, 4) is 0 Å². The molecule has 0 fully saturated rings. The summed E-state index contributed by atoms with van der Waals surface area (Å²) in [4.78, 5) is 18.7. The first-order chi connectivity index (χ1) is 7.95. The number of carbonyl (C=O) groups excluding carboxylic acids is 1. The minimum atomic E-state index is -0.191. The van der Waals surface area contributed by atoms with E-state index in [2.05, 4.69) is 4.98 Å². The number of alkyl halides is 1. The van der Waals surface area contributed by atoms with E-state index in [1.54, 1.807) is 19.1 Å². The van der Waals surface area contributed by atoms with Crippen LogP contribution < -0.4 is 0 Å². The molecule has 1 heterocycles. The molecule has 1 rings (SSSR count). The van der Waals surface area contributed by atoms with E-state index in [0.717, 1.165) is 10.7 Å². The molecule has 1 amide bonds. The molecule has 0 N–H and O–H groups in total. The summed E-state index contributed by atoms with van der Waals surface area (Å²) in [6.07, 6.45) is 0. The second kappa shape index (κ2) is 6.33. The maximum absolute atomic E-state index is 12.1. The van der Waals surface area contributed by atoms with Crippen LogP contribution >= 0.6 is 22.9 Å². The normalized spacial score (nSPS) is 12.5. The van der Waals surface area contributed by atoms with Gasteiger partial charge in [0, 0.05) is 20.7 Å². The zero-order chi connectivity index (χ0) is 13.0. The summed E-state index contributed by atoms with van der Waals surface area (Å²) in [6.45, 7) is 4.63. The van der Waals surface area contributed by atoms with Gasteiger partial charge in [-0.25, -0.2) is 4.98 Å². The van der Waals surface area contributed by atoms with Crippen LogP contribution in [-0.2, 0) is 4.74 Å². The van der Waals surface area contributed by atoms with E-state index in [1.807, 2.05) is 13.8 Å². The van der Waals surface area contributed by atoms with Gasteiger partial charge in [-0.15, -0.1) is 22.9 Å². The summed E-state index contributed by atoms with van der Waals surface area (Å²) >= 11 is 7.44. The Bertz CT molecular complexity index is 395. The number of hydrogen-bond acceptors (Lipinski definition) is 4. The van der Waals surface area contributed by atoms with Gasteiger partial charge in [0.1, 0.15) is 4.88 Å². The third-order valence-electron chi connectivity index (χ3n) is 2.26. The van der Waals surface area contributed by atoms with Crippen LogP contribution in [0.25, 0.3) is 0 Å². The standard InChI is InChI=1S/C11H17ClN2O2S/c1-7-10(17-8(2)13-7)11(15)14(3)5-9(12)6-16-4/h9H,5-6H2,1-4H3. The number of ether oxygens (including phenoxy) is 1. The van der Waals surface area contributed by atoms with Crippen LogP contribution in [0.3, 0.4) is 0 Å². The molecule has 4 nitrogen and oxygen atoms in total. The average Bonchev–Trinajstić information content (AvgIpc) is 2.56. The second-order valence-corrected chi connectivity index (χ2v) is 5.71. The number of carbonyl (C=O) groups is 1. The molecule has 0 aliphatic rings. The zero-order valence-corrected chi connectivity index (χ0v) is 12.1. The largest absolute Gasteiger partial charge is 0.383 e. The molecule has 17 heavy (non-hydrogen) atoms. The molecule has 0 saturated heterocycles. The topological polar surface area (TPSA) is 42.4 Å². The number of aromatic nitrogens is 1. The maximum Gasteiger partial charge on any atom is 0.265 e. The van der Waals surface area contributed by atoms with Crippen LogP contribution in [-0.4, -0.2) is 48.5 Å².